The predicted molar refractivity (Wildman–Crippen MR) is 206 cm³/mol. The quantitative estimate of drug-likeness (QED) is 0.157. The lowest BCUT2D eigenvalue weighted by molar-refractivity contribution is 1.30. The highest BCUT2D eigenvalue weighted by atomic mass is 15.1. The van der Waals surface area contributed by atoms with Gasteiger partial charge in [0.05, 0.1) is 11.4 Å². The van der Waals surface area contributed by atoms with Crippen molar-refractivity contribution in [2.75, 3.05) is 9.80 Å². The maximum absolute atomic E-state index is 2.34. The van der Waals surface area contributed by atoms with Crippen LogP contribution in [0.5, 0.6) is 0 Å². The molecule has 0 aliphatic rings. The first-order chi connectivity index (χ1) is 23.8. The molecule has 2 nitrogen and oxygen atoms in total. The number of anilines is 6. The minimum absolute atomic E-state index is 1.13. The van der Waals surface area contributed by atoms with Crippen LogP contribution in [0.2, 0.25) is 0 Å². The van der Waals surface area contributed by atoms with Crippen LogP contribution in [-0.2, 0) is 0 Å². The van der Waals surface area contributed by atoms with Crippen molar-refractivity contribution in [1.29, 1.82) is 0 Å². The van der Waals surface area contributed by atoms with E-state index in [0.29, 0.717) is 0 Å². The summed E-state index contributed by atoms with van der Waals surface area (Å²) >= 11 is 0. The average molecular weight is 615 g/mol. The summed E-state index contributed by atoms with van der Waals surface area (Å²) in [7, 11) is 0. The third-order valence-corrected chi connectivity index (χ3v) is 8.85. The second kappa shape index (κ2) is 13.2. The Bertz CT molecular complexity index is 2080. The smallest absolute Gasteiger partial charge is 0.0540 e. The molecule has 0 atom stereocenters. The van der Waals surface area contributed by atoms with Crippen LogP contribution >= 0.6 is 0 Å². The van der Waals surface area contributed by atoms with Crippen LogP contribution in [0.1, 0.15) is 11.1 Å². The average Bonchev–Trinajstić information content (AvgIpc) is 3.17. The summed E-state index contributed by atoms with van der Waals surface area (Å²) in [5, 5.41) is 4.83. The standard InChI is InChI=1S/C46H34N2/c1-5-17-37(18-6-1)47(38-19-7-2-8-20-38)45-33-31-35(41-25-13-15-27-43(41)45)29-30-36-32-34-46(44-28-16-14-26-42(36)44)48(39-21-9-3-10-22-39)40-23-11-4-12-24-40/h1-34H. The van der Waals surface area contributed by atoms with Gasteiger partial charge in [-0.3, -0.25) is 0 Å². The first-order valence-electron chi connectivity index (χ1n) is 16.4. The van der Waals surface area contributed by atoms with Gasteiger partial charge in [-0.1, -0.05) is 146 Å². The van der Waals surface area contributed by atoms with Crippen molar-refractivity contribution < 1.29 is 0 Å². The first-order valence-corrected chi connectivity index (χ1v) is 16.4. The summed E-state index contributed by atoms with van der Waals surface area (Å²) in [5.74, 6) is 0. The molecule has 0 aliphatic carbocycles. The van der Waals surface area contributed by atoms with Crippen molar-refractivity contribution in [3.05, 3.63) is 205 Å². The Morgan fingerprint density at radius 1 is 0.250 bits per heavy atom. The maximum atomic E-state index is 2.34. The zero-order valence-corrected chi connectivity index (χ0v) is 26.5. The Hall–Kier alpha value is -6.38. The van der Waals surface area contributed by atoms with Crippen molar-refractivity contribution in [2.24, 2.45) is 0 Å². The predicted octanol–water partition coefficient (Wildman–Crippen LogP) is 13.1. The van der Waals surface area contributed by atoms with Crippen LogP contribution in [0.3, 0.4) is 0 Å². The van der Waals surface area contributed by atoms with Crippen LogP contribution in [0.4, 0.5) is 34.1 Å². The Balaban J connectivity index is 1.22. The Morgan fingerprint density at radius 3 is 0.833 bits per heavy atom. The van der Waals surface area contributed by atoms with E-state index in [1.807, 2.05) is 0 Å². The molecule has 0 saturated heterocycles. The van der Waals surface area contributed by atoms with Crippen LogP contribution in [-0.4, -0.2) is 0 Å². The number of benzene rings is 8. The summed E-state index contributed by atoms with van der Waals surface area (Å²) < 4.78 is 0. The topological polar surface area (TPSA) is 6.48 Å². The van der Waals surface area contributed by atoms with Crippen LogP contribution in [0.25, 0.3) is 33.7 Å². The molecular weight excluding hydrogens is 581 g/mol. The van der Waals surface area contributed by atoms with Gasteiger partial charge >= 0.3 is 0 Å². The Kier molecular flexibility index (Phi) is 7.96. The normalized spacial score (nSPS) is 11.2. The van der Waals surface area contributed by atoms with Crippen molar-refractivity contribution in [1.82, 2.24) is 0 Å². The molecule has 0 spiro atoms. The van der Waals surface area contributed by atoms with E-state index in [1.54, 1.807) is 0 Å². The maximum Gasteiger partial charge on any atom is 0.0540 e. The molecule has 0 amide bonds. The lowest BCUT2D eigenvalue weighted by Crippen LogP contribution is -2.10. The molecule has 0 radical (unpaired) electrons. The van der Waals surface area contributed by atoms with Crippen LogP contribution in [0, 0.1) is 0 Å². The van der Waals surface area contributed by atoms with E-state index in [1.165, 1.54) is 32.7 Å². The van der Waals surface area contributed by atoms with Gasteiger partial charge in [0.15, 0.2) is 0 Å². The highest BCUT2D eigenvalue weighted by Gasteiger charge is 2.17. The third kappa shape index (κ3) is 5.61. The van der Waals surface area contributed by atoms with E-state index in [2.05, 4.69) is 216 Å². The largest absolute Gasteiger partial charge is 0.310 e. The van der Waals surface area contributed by atoms with Gasteiger partial charge < -0.3 is 9.80 Å². The zero-order chi connectivity index (χ0) is 32.1. The number of rotatable bonds is 8. The Labute approximate surface area is 282 Å². The summed E-state index contributed by atoms with van der Waals surface area (Å²) in [6.07, 6.45) is 4.52. The van der Waals surface area contributed by atoms with Gasteiger partial charge in [0, 0.05) is 33.5 Å². The lowest BCUT2D eigenvalue weighted by Gasteiger charge is -2.27. The van der Waals surface area contributed by atoms with Gasteiger partial charge in [0.25, 0.3) is 0 Å². The molecule has 8 aromatic carbocycles. The molecule has 0 aliphatic heterocycles. The molecule has 8 rings (SSSR count). The third-order valence-electron chi connectivity index (χ3n) is 8.85. The van der Waals surface area contributed by atoms with Gasteiger partial charge in [-0.15, -0.1) is 0 Å². The van der Waals surface area contributed by atoms with Gasteiger partial charge in [-0.25, -0.2) is 0 Å². The van der Waals surface area contributed by atoms with Gasteiger partial charge in [0.1, 0.15) is 0 Å². The van der Waals surface area contributed by atoms with E-state index in [9.17, 15) is 0 Å². The number of fused-ring (bicyclic) bond motifs is 2. The molecule has 0 fully saturated rings. The molecule has 0 heterocycles. The molecule has 228 valence electrons. The van der Waals surface area contributed by atoms with Crippen LogP contribution in [0.15, 0.2) is 194 Å². The molecule has 0 unspecified atom stereocenters. The van der Waals surface area contributed by atoms with E-state index >= 15 is 0 Å². The summed E-state index contributed by atoms with van der Waals surface area (Å²) in [6, 6.07) is 68.8. The minimum atomic E-state index is 1.13. The monoisotopic (exact) mass is 614 g/mol. The second-order valence-corrected chi connectivity index (χ2v) is 11.8. The number of hydrogen-bond donors (Lipinski definition) is 0. The number of nitrogens with zero attached hydrogens (tertiary/aromatic N) is 2. The van der Waals surface area contributed by atoms with E-state index < -0.39 is 0 Å². The molecule has 0 saturated carbocycles. The first kappa shape index (κ1) is 29.1. The highest BCUT2D eigenvalue weighted by Crippen LogP contribution is 2.42. The number of para-hydroxylation sites is 4. The van der Waals surface area contributed by atoms with Crippen molar-refractivity contribution in [2.45, 2.75) is 0 Å². The molecule has 0 N–H and O–H groups in total. The van der Waals surface area contributed by atoms with Gasteiger partial charge in [0.2, 0.25) is 0 Å². The lowest BCUT2D eigenvalue weighted by atomic mass is 9.98. The SMILES string of the molecule is C(=Cc1ccc(N(c2ccccc2)c2ccccc2)c2ccccc12)c1ccc(N(c2ccccc2)c2ccccc2)c2ccccc12. The van der Waals surface area contributed by atoms with Gasteiger partial charge in [-0.2, -0.15) is 0 Å². The number of hydrogen-bond acceptors (Lipinski definition) is 2. The fourth-order valence-corrected chi connectivity index (χ4v) is 6.64. The second-order valence-electron chi connectivity index (χ2n) is 11.8. The molecule has 48 heavy (non-hydrogen) atoms. The molecular formula is C46H34N2. The minimum Gasteiger partial charge on any atom is -0.310 e. The summed E-state index contributed by atoms with van der Waals surface area (Å²) in [6.45, 7) is 0. The van der Waals surface area contributed by atoms with E-state index in [4.69, 9.17) is 0 Å². The fraction of sp³-hybridized carbons (Fsp3) is 0. The van der Waals surface area contributed by atoms with Crippen LogP contribution < -0.4 is 9.80 Å². The van der Waals surface area contributed by atoms with Crippen molar-refractivity contribution >= 4 is 67.8 Å². The fourth-order valence-electron chi connectivity index (χ4n) is 6.64. The highest BCUT2D eigenvalue weighted by molar-refractivity contribution is 6.06. The van der Waals surface area contributed by atoms with Gasteiger partial charge in [-0.05, 0) is 82.6 Å². The van der Waals surface area contributed by atoms with E-state index in [0.717, 1.165) is 34.1 Å². The molecule has 0 aromatic heterocycles. The molecule has 0 bridgehead atoms. The van der Waals surface area contributed by atoms with Crippen molar-refractivity contribution in [3.8, 4) is 0 Å². The summed E-state index contributed by atoms with van der Waals surface area (Å²) in [5.41, 5.74) is 9.17. The Morgan fingerprint density at radius 2 is 0.521 bits per heavy atom. The van der Waals surface area contributed by atoms with Crippen molar-refractivity contribution in [3.63, 3.8) is 0 Å². The zero-order valence-electron chi connectivity index (χ0n) is 26.5. The molecule has 8 aromatic rings. The van der Waals surface area contributed by atoms with E-state index in [-0.39, 0.29) is 0 Å². The molecule has 2 heteroatoms. The summed E-state index contributed by atoms with van der Waals surface area (Å²) in [4.78, 5) is 4.68.